The van der Waals surface area contributed by atoms with Crippen LogP contribution >= 0.6 is 33.1 Å². The first-order valence-electron chi connectivity index (χ1n) is 7.26. The molecule has 24 heavy (non-hydrogen) atoms. The molecule has 0 nitrogen and oxygen atoms in total. The molecule has 0 aliphatic heterocycles. The second-order valence-electron chi connectivity index (χ2n) is 5.46. The number of hydrogen-bond acceptors (Lipinski definition) is 0. The van der Waals surface area contributed by atoms with E-state index in [0.717, 1.165) is 8.47 Å². The van der Waals surface area contributed by atoms with Gasteiger partial charge in [-0.25, -0.2) is 0 Å². The molecule has 5 heteroatoms. The van der Waals surface area contributed by atoms with Crippen molar-refractivity contribution in [2.24, 2.45) is 0 Å². The van der Waals surface area contributed by atoms with Crippen molar-refractivity contribution in [3.63, 3.8) is 0 Å². The van der Waals surface area contributed by atoms with Gasteiger partial charge in [-0.1, -0.05) is 12.1 Å². The average Bonchev–Trinajstić information content (AvgIpc) is 2.88. The maximum Gasteiger partial charge on any atom is 0.416 e. The van der Waals surface area contributed by atoms with Crippen LogP contribution < -0.4 is 0 Å². The van der Waals surface area contributed by atoms with Crippen LogP contribution in [0.1, 0.15) is 5.56 Å². The van der Waals surface area contributed by atoms with Crippen LogP contribution in [0.15, 0.2) is 66.7 Å². The molecule has 3 aromatic carbocycles. The fourth-order valence-electron chi connectivity index (χ4n) is 2.91. The summed E-state index contributed by atoms with van der Waals surface area (Å²) in [6.45, 7) is 0. The van der Waals surface area contributed by atoms with E-state index in [4.69, 9.17) is 0 Å². The summed E-state index contributed by atoms with van der Waals surface area (Å²) in [5.41, 5.74) is -0.606. The molecular formula is C19H11F3IS+. The number of rotatable bonds is 1. The molecule has 0 aliphatic carbocycles. The molecule has 0 saturated carbocycles. The van der Waals surface area contributed by atoms with Gasteiger partial charge in [-0.2, -0.15) is 13.2 Å². The predicted octanol–water partition coefficient (Wildman–Crippen LogP) is 7.35. The van der Waals surface area contributed by atoms with Crippen LogP contribution in [0.2, 0.25) is 0 Å². The second-order valence-corrected chi connectivity index (χ2v) is 8.67. The van der Waals surface area contributed by atoms with Crippen LogP contribution in [0.3, 0.4) is 0 Å². The molecule has 0 radical (unpaired) electrons. The highest BCUT2D eigenvalue weighted by Gasteiger charge is 2.31. The highest BCUT2D eigenvalue weighted by molar-refractivity contribution is 14.1. The summed E-state index contributed by atoms with van der Waals surface area (Å²) in [5, 5.41) is 2.36. The Hall–Kier alpha value is -1.60. The van der Waals surface area contributed by atoms with Gasteiger partial charge in [0.2, 0.25) is 0 Å². The first kappa shape index (κ1) is 15.9. The van der Waals surface area contributed by atoms with E-state index in [9.17, 15) is 13.2 Å². The molecule has 0 fully saturated rings. The van der Waals surface area contributed by atoms with Gasteiger partial charge in [0.25, 0.3) is 0 Å². The summed E-state index contributed by atoms with van der Waals surface area (Å²) in [4.78, 5) is 0.912. The van der Waals surface area contributed by atoms with Crippen molar-refractivity contribution in [1.82, 2.24) is 0 Å². The van der Waals surface area contributed by atoms with Gasteiger partial charge in [0.15, 0.2) is 14.3 Å². The highest BCUT2D eigenvalue weighted by atomic mass is 127. The lowest BCUT2D eigenvalue weighted by Gasteiger charge is -2.05. The molecule has 0 N–H and O–H groups in total. The van der Waals surface area contributed by atoms with Crippen molar-refractivity contribution in [1.29, 1.82) is 0 Å². The van der Waals surface area contributed by atoms with E-state index in [1.165, 1.54) is 32.3 Å². The molecule has 1 aromatic heterocycles. The normalized spacial score (nSPS) is 12.9. The molecule has 1 unspecified atom stereocenters. The predicted molar refractivity (Wildman–Crippen MR) is 103 cm³/mol. The van der Waals surface area contributed by atoms with E-state index in [1.807, 2.05) is 12.1 Å². The summed E-state index contributed by atoms with van der Waals surface area (Å²) in [6, 6.07) is 20.0. The largest absolute Gasteiger partial charge is 0.416 e. The Labute approximate surface area is 153 Å². The van der Waals surface area contributed by atoms with Crippen molar-refractivity contribution in [2.45, 2.75) is 6.18 Å². The minimum Gasteiger partial charge on any atom is -0.166 e. The van der Waals surface area contributed by atoms with E-state index in [2.05, 4.69) is 52.9 Å². The number of thiophene rings is 1. The van der Waals surface area contributed by atoms with Gasteiger partial charge in [0.1, 0.15) is 0 Å². The number of benzene rings is 3. The molecule has 0 aliphatic rings. The Kier molecular flexibility index (Phi) is 3.80. The Bertz CT molecular complexity index is 1050. The van der Waals surface area contributed by atoms with Gasteiger partial charge < -0.3 is 0 Å². The van der Waals surface area contributed by atoms with E-state index < -0.39 is 11.7 Å². The summed E-state index contributed by atoms with van der Waals surface area (Å²) in [6.07, 6.45) is -4.30. The molecule has 0 saturated heterocycles. The molecular weight excluding hydrogens is 444 g/mol. The van der Waals surface area contributed by atoms with Crippen molar-refractivity contribution in [3.05, 3.63) is 75.9 Å². The third-order valence-corrected chi connectivity index (χ3v) is 6.98. The lowest BCUT2D eigenvalue weighted by Crippen LogP contribution is -2.03. The standard InChI is InChI=1S/C19H11F3IS/c20-19(21,22)12-5-8-14(9-6-12)24-17-4-2-1-3-15(17)16-11-13(23)7-10-18(16)24/h1-11H/q+1. The van der Waals surface area contributed by atoms with Gasteiger partial charge in [-0.15, -0.1) is 0 Å². The van der Waals surface area contributed by atoms with Gasteiger partial charge in [-0.05, 0) is 77.2 Å². The zero-order chi connectivity index (χ0) is 16.9. The van der Waals surface area contributed by atoms with Gasteiger partial charge in [0.05, 0.1) is 5.56 Å². The Morgan fingerprint density at radius 2 is 1.42 bits per heavy atom. The zero-order valence-corrected chi connectivity index (χ0v) is 15.2. The number of hydrogen-bond donors (Lipinski definition) is 0. The molecule has 1 atom stereocenters. The zero-order valence-electron chi connectivity index (χ0n) is 12.3. The number of alkyl halides is 3. The van der Waals surface area contributed by atoms with Crippen LogP contribution in [0, 0.1) is 3.57 Å². The molecule has 4 aromatic rings. The highest BCUT2D eigenvalue weighted by Crippen LogP contribution is 2.48. The van der Waals surface area contributed by atoms with E-state index in [-0.39, 0.29) is 10.5 Å². The minimum absolute atomic E-state index is 0.355. The SMILES string of the molecule is FC(F)(F)c1ccc(-[s+]2c3ccccc3c3cc(I)ccc32)cc1. The third kappa shape index (κ3) is 2.59. The summed E-state index contributed by atoms with van der Waals surface area (Å²) in [5.74, 6) is 0. The summed E-state index contributed by atoms with van der Waals surface area (Å²) >= 11 is 2.28. The molecule has 1 heterocycles. The second kappa shape index (κ2) is 5.74. The lowest BCUT2D eigenvalue weighted by molar-refractivity contribution is -0.137. The molecule has 0 spiro atoms. The number of halogens is 4. The first-order chi connectivity index (χ1) is 11.4. The summed E-state index contributed by atoms with van der Waals surface area (Å²) < 4.78 is 42.0. The number of fused-ring (bicyclic) bond motifs is 3. The molecule has 120 valence electrons. The Balaban J connectivity index is 2.01. The maximum atomic E-state index is 12.8. The van der Waals surface area contributed by atoms with Gasteiger partial charge in [-0.3, -0.25) is 0 Å². The topological polar surface area (TPSA) is 0 Å². The molecule has 0 amide bonds. The van der Waals surface area contributed by atoms with Gasteiger partial charge >= 0.3 is 6.18 Å². The third-order valence-electron chi connectivity index (χ3n) is 3.98. The van der Waals surface area contributed by atoms with Crippen LogP contribution in [0.4, 0.5) is 13.2 Å². The van der Waals surface area contributed by atoms with Crippen LogP contribution in [-0.4, -0.2) is 0 Å². The average molecular weight is 455 g/mol. The Morgan fingerprint density at radius 3 is 2.12 bits per heavy atom. The van der Waals surface area contributed by atoms with E-state index in [1.54, 1.807) is 12.1 Å². The molecule has 4 rings (SSSR count). The van der Waals surface area contributed by atoms with E-state index >= 15 is 0 Å². The fraction of sp³-hybridized carbons (Fsp3) is 0.0526. The monoisotopic (exact) mass is 455 g/mol. The van der Waals surface area contributed by atoms with Crippen molar-refractivity contribution in [2.75, 3.05) is 0 Å². The lowest BCUT2D eigenvalue weighted by atomic mass is 10.2. The van der Waals surface area contributed by atoms with Crippen LogP contribution in [-0.2, 0) is 6.18 Å². The van der Waals surface area contributed by atoms with Crippen LogP contribution in [0.5, 0.6) is 0 Å². The Morgan fingerprint density at radius 1 is 0.750 bits per heavy atom. The van der Waals surface area contributed by atoms with Gasteiger partial charge in [0, 0.05) is 24.8 Å². The smallest absolute Gasteiger partial charge is 0.166 e. The maximum absolute atomic E-state index is 12.8. The van der Waals surface area contributed by atoms with E-state index in [0.29, 0.717) is 0 Å². The van der Waals surface area contributed by atoms with Crippen molar-refractivity contribution < 1.29 is 13.2 Å². The fourth-order valence-corrected chi connectivity index (χ4v) is 5.76. The van der Waals surface area contributed by atoms with Crippen molar-refractivity contribution in [3.8, 4) is 4.90 Å². The first-order valence-corrected chi connectivity index (χ1v) is 9.56. The van der Waals surface area contributed by atoms with Crippen LogP contribution in [0.25, 0.3) is 25.1 Å². The van der Waals surface area contributed by atoms with Crippen molar-refractivity contribution >= 4 is 53.2 Å². The quantitative estimate of drug-likeness (QED) is 0.208. The summed E-state index contributed by atoms with van der Waals surface area (Å²) in [7, 11) is -0.355. The minimum atomic E-state index is -4.30. The molecule has 0 bridgehead atoms.